The summed E-state index contributed by atoms with van der Waals surface area (Å²) in [5, 5.41) is 0. The van der Waals surface area contributed by atoms with Crippen LogP contribution in [0.3, 0.4) is 0 Å². The minimum atomic E-state index is -0.544. The van der Waals surface area contributed by atoms with Gasteiger partial charge in [0.15, 0.2) is 0 Å². The van der Waals surface area contributed by atoms with E-state index in [2.05, 4.69) is 6.58 Å². The van der Waals surface area contributed by atoms with Gasteiger partial charge in [0, 0.05) is 12.5 Å². The monoisotopic (exact) mass is 220 g/mol. The molecular formula is C13H16O3. The van der Waals surface area contributed by atoms with Gasteiger partial charge >= 0.3 is 5.97 Å². The van der Waals surface area contributed by atoms with Crippen molar-refractivity contribution in [1.29, 1.82) is 0 Å². The molecule has 0 amide bonds. The number of ether oxygens (including phenoxy) is 2. The molecule has 0 spiro atoms. The average molecular weight is 220 g/mol. The molecule has 0 aliphatic rings. The molecule has 1 atom stereocenters. The maximum atomic E-state index is 11.1. The number of carbonyl (C=O) groups is 1. The van der Waals surface area contributed by atoms with Crippen LogP contribution in [0.1, 0.15) is 19.8 Å². The van der Waals surface area contributed by atoms with Gasteiger partial charge < -0.3 is 9.47 Å². The maximum Gasteiger partial charge on any atom is 0.333 e. The van der Waals surface area contributed by atoms with Crippen LogP contribution in [-0.2, 0) is 9.53 Å². The van der Waals surface area contributed by atoms with Crippen LogP contribution in [0, 0.1) is 0 Å². The minimum Gasteiger partial charge on any atom is -0.455 e. The predicted octanol–water partition coefficient (Wildman–Crippen LogP) is 2.92. The second-order valence-electron chi connectivity index (χ2n) is 3.29. The highest BCUT2D eigenvalue weighted by molar-refractivity contribution is 5.81. The summed E-state index contributed by atoms with van der Waals surface area (Å²) in [7, 11) is 0. The Kier molecular flexibility index (Phi) is 5.12. The normalized spacial score (nSPS) is 11.6. The summed E-state index contributed by atoms with van der Waals surface area (Å²) in [5.74, 6) is 0.229. The van der Waals surface area contributed by atoms with Crippen LogP contribution in [0.2, 0.25) is 0 Å². The van der Waals surface area contributed by atoms with E-state index in [9.17, 15) is 4.79 Å². The van der Waals surface area contributed by atoms with Crippen molar-refractivity contribution in [2.24, 2.45) is 0 Å². The molecule has 0 saturated heterocycles. The van der Waals surface area contributed by atoms with Gasteiger partial charge in [-0.3, -0.25) is 0 Å². The first-order valence-corrected chi connectivity index (χ1v) is 5.31. The summed E-state index contributed by atoms with van der Waals surface area (Å²) in [6.07, 6.45) is 2.13. The lowest BCUT2D eigenvalue weighted by Gasteiger charge is -2.17. The Morgan fingerprint density at radius 3 is 2.69 bits per heavy atom. The van der Waals surface area contributed by atoms with E-state index in [4.69, 9.17) is 9.47 Å². The van der Waals surface area contributed by atoms with E-state index in [1.54, 1.807) is 0 Å². The summed E-state index contributed by atoms with van der Waals surface area (Å²) in [5.41, 5.74) is 0. The molecule has 1 unspecified atom stereocenters. The molecule has 16 heavy (non-hydrogen) atoms. The van der Waals surface area contributed by atoms with Crippen molar-refractivity contribution in [2.75, 3.05) is 0 Å². The van der Waals surface area contributed by atoms with E-state index >= 15 is 0 Å². The van der Waals surface area contributed by atoms with Gasteiger partial charge in [-0.25, -0.2) is 4.79 Å². The fraction of sp³-hybridized carbons (Fsp3) is 0.308. The minimum absolute atomic E-state index is 0.464. The fourth-order valence-electron chi connectivity index (χ4n) is 1.21. The molecule has 0 heterocycles. The Morgan fingerprint density at radius 2 is 2.12 bits per heavy atom. The smallest absolute Gasteiger partial charge is 0.333 e. The Hall–Kier alpha value is -1.77. The second-order valence-corrected chi connectivity index (χ2v) is 3.29. The number of benzene rings is 1. The Morgan fingerprint density at radius 1 is 1.44 bits per heavy atom. The Labute approximate surface area is 95.7 Å². The first kappa shape index (κ1) is 12.3. The Balaban J connectivity index is 2.57. The van der Waals surface area contributed by atoms with Crippen LogP contribution in [-0.4, -0.2) is 12.3 Å². The number of hydrogen-bond acceptors (Lipinski definition) is 3. The third-order valence-electron chi connectivity index (χ3n) is 1.95. The van der Waals surface area contributed by atoms with E-state index in [0.29, 0.717) is 12.2 Å². The average Bonchev–Trinajstić information content (AvgIpc) is 2.30. The van der Waals surface area contributed by atoms with Crippen molar-refractivity contribution in [2.45, 2.75) is 26.1 Å². The highest BCUT2D eigenvalue weighted by atomic mass is 16.7. The summed E-state index contributed by atoms with van der Waals surface area (Å²) in [6.45, 7) is 5.35. The molecule has 0 aliphatic carbocycles. The van der Waals surface area contributed by atoms with Gasteiger partial charge in [-0.15, -0.1) is 0 Å². The van der Waals surface area contributed by atoms with E-state index in [1.807, 2.05) is 37.3 Å². The summed E-state index contributed by atoms with van der Waals surface area (Å²) < 4.78 is 10.6. The van der Waals surface area contributed by atoms with Crippen LogP contribution < -0.4 is 4.74 Å². The van der Waals surface area contributed by atoms with Gasteiger partial charge in [-0.05, 0) is 18.6 Å². The maximum absolute atomic E-state index is 11.1. The molecule has 1 aromatic rings. The van der Waals surface area contributed by atoms with Crippen molar-refractivity contribution in [3.63, 3.8) is 0 Å². The van der Waals surface area contributed by atoms with Gasteiger partial charge in [0.25, 0.3) is 0 Å². The van der Waals surface area contributed by atoms with Crippen LogP contribution >= 0.6 is 0 Å². The summed E-state index contributed by atoms with van der Waals surface area (Å²) >= 11 is 0. The van der Waals surface area contributed by atoms with E-state index in [1.165, 1.54) is 0 Å². The van der Waals surface area contributed by atoms with Crippen LogP contribution in [0.25, 0.3) is 0 Å². The molecule has 0 saturated carbocycles. The van der Waals surface area contributed by atoms with Crippen molar-refractivity contribution in [3.8, 4) is 5.75 Å². The number of hydrogen-bond donors (Lipinski definition) is 0. The third kappa shape index (κ3) is 4.17. The Bertz CT molecular complexity index is 332. The largest absolute Gasteiger partial charge is 0.455 e. The number of para-hydroxylation sites is 1. The zero-order valence-electron chi connectivity index (χ0n) is 9.39. The summed E-state index contributed by atoms with van der Waals surface area (Å²) in [4.78, 5) is 11.1. The molecular weight excluding hydrogens is 204 g/mol. The molecule has 0 radical (unpaired) electrons. The molecule has 3 nitrogen and oxygen atoms in total. The van der Waals surface area contributed by atoms with E-state index in [-0.39, 0.29) is 0 Å². The van der Waals surface area contributed by atoms with Gasteiger partial charge in [0.2, 0.25) is 6.29 Å². The number of esters is 1. The molecule has 0 fully saturated rings. The van der Waals surface area contributed by atoms with Gasteiger partial charge in [0.05, 0.1) is 0 Å². The van der Waals surface area contributed by atoms with Gasteiger partial charge in [0.1, 0.15) is 5.75 Å². The van der Waals surface area contributed by atoms with Gasteiger partial charge in [-0.1, -0.05) is 31.7 Å². The third-order valence-corrected chi connectivity index (χ3v) is 1.95. The number of carbonyl (C=O) groups excluding carboxylic acids is 1. The highest BCUT2D eigenvalue weighted by Gasteiger charge is 2.12. The molecule has 0 N–H and O–H groups in total. The quantitative estimate of drug-likeness (QED) is 0.420. The van der Waals surface area contributed by atoms with Crippen molar-refractivity contribution < 1.29 is 14.3 Å². The lowest BCUT2D eigenvalue weighted by atomic mass is 10.3. The molecule has 86 valence electrons. The SMILES string of the molecule is C=CC(=O)OC(CCC)Oc1ccccc1. The summed E-state index contributed by atoms with van der Waals surface area (Å²) in [6, 6.07) is 9.29. The lowest BCUT2D eigenvalue weighted by Crippen LogP contribution is -2.23. The zero-order chi connectivity index (χ0) is 11.8. The first-order valence-electron chi connectivity index (χ1n) is 5.31. The topological polar surface area (TPSA) is 35.5 Å². The second kappa shape index (κ2) is 6.67. The predicted molar refractivity (Wildman–Crippen MR) is 62.1 cm³/mol. The standard InChI is InChI=1S/C13H16O3/c1-3-8-13(16-12(14)4-2)15-11-9-6-5-7-10-11/h4-7,9-10,13H,2-3,8H2,1H3. The number of rotatable bonds is 6. The van der Waals surface area contributed by atoms with Crippen LogP contribution in [0.5, 0.6) is 5.75 Å². The van der Waals surface area contributed by atoms with E-state index < -0.39 is 12.3 Å². The van der Waals surface area contributed by atoms with Crippen molar-refractivity contribution in [1.82, 2.24) is 0 Å². The van der Waals surface area contributed by atoms with Crippen molar-refractivity contribution in [3.05, 3.63) is 43.0 Å². The first-order chi connectivity index (χ1) is 7.76. The molecule has 0 bridgehead atoms. The van der Waals surface area contributed by atoms with Crippen LogP contribution in [0.4, 0.5) is 0 Å². The molecule has 1 rings (SSSR count). The molecule has 0 aliphatic heterocycles. The van der Waals surface area contributed by atoms with Crippen LogP contribution in [0.15, 0.2) is 43.0 Å². The van der Waals surface area contributed by atoms with Gasteiger partial charge in [-0.2, -0.15) is 0 Å². The highest BCUT2D eigenvalue weighted by Crippen LogP contribution is 2.14. The molecule has 3 heteroatoms. The molecule has 0 aromatic heterocycles. The zero-order valence-corrected chi connectivity index (χ0v) is 9.39. The lowest BCUT2D eigenvalue weighted by molar-refractivity contribution is -0.158. The van der Waals surface area contributed by atoms with Crippen molar-refractivity contribution >= 4 is 5.97 Å². The fourth-order valence-corrected chi connectivity index (χ4v) is 1.21. The molecule has 1 aromatic carbocycles. The van der Waals surface area contributed by atoms with E-state index in [0.717, 1.165) is 12.5 Å².